The van der Waals surface area contributed by atoms with E-state index in [1.54, 1.807) is 6.20 Å². The summed E-state index contributed by atoms with van der Waals surface area (Å²) in [6.07, 6.45) is 4.11. The first-order valence-electron chi connectivity index (χ1n) is 5.80. The molecular weight excluding hydrogens is 200 g/mol. The summed E-state index contributed by atoms with van der Waals surface area (Å²) in [6, 6.07) is 3.97. The molecule has 4 nitrogen and oxygen atoms in total. The highest BCUT2D eigenvalue weighted by Gasteiger charge is 2.11. The fourth-order valence-corrected chi connectivity index (χ4v) is 1.94. The summed E-state index contributed by atoms with van der Waals surface area (Å²) in [6.45, 7) is 4.88. The molecule has 0 saturated carbocycles. The second-order valence-corrected chi connectivity index (χ2v) is 4.17. The number of nitrogens with two attached hydrogens (primary N) is 1. The van der Waals surface area contributed by atoms with E-state index in [0.717, 1.165) is 23.5 Å². The Kier molecular flexibility index (Phi) is 3.19. The third-order valence-electron chi connectivity index (χ3n) is 2.89. The third-order valence-corrected chi connectivity index (χ3v) is 2.89. The van der Waals surface area contributed by atoms with Crippen LogP contribution in [0.2, 0.25) is 0 Å². The Balaban J connectivity index is 2.43. The molecule has 0 amide bonds. The molecule has 16 heavy (non-hydrogen) atoms. The third kappa shape index (κ3) is 1.93. The molecule has 2 aromatic heterocycles. The lowest BCUT2D eigenvalue weighted by Gasteiger charge is -2.04. The van der Waals surface area contributed by atoms with E-state index in [0.29, 0.717) is 12.5 Å². The Hall–Kier alpha value is -1.42. The summed E-state index contributed by atoms with van der Waals surface area (Å²) < 4.78 is 1.85. The average Bonchev–Trinajstić information content (AvgIpc) is 2.72. The van der Waals surface area contributed by atoms with Crippen LogP contribution >= 0.6 is 0 Å². The van der Waals surface area contributed by atoms with Gasteiger partial charge in [-0.15, -0.1) is 0 Å². The number of hydrogen-bond acceptors (Lipinski definition) is 3. The molecule has 0 fully saturated rings. The minimum Gasteiger partial charge on any atom is -0.325 e. The summed E-state index contributed by atoms with van der Waals surface area (Å²) in [4.78, 5) is 4.30. The summed E-state index contributed by atoms with van der Waals surface area (Å²) in [5.41, 5.74) is 8.67. The lowest BCUT2D eigenvalue weighted by Crippen LogP contribution is -2.06. The molecule has 2 N–H and O–H groups in total. The van der Waals surface area contributed by atoms with Crippen LogP contribution in [-0.4, -0.2) is 14.6 Å². The lowest BCUT2D eigenvalue weighted by atomic mass is 10.0. The Labute approximate surface area is 95.5 Å². The first-order chi connectivity index (χ1) is 7.76. The van der Waals surface area contributed by atoms with Crippen LogP contribution in [0.3, 0.4) is 0 Å². The van der Waals surface area contributed by atoms with E-state index in [2.05, 4.69) is 30.0 Å². The highest BCUT2D eigenvalue weighted by atomic mass is 15.3. The second kappa shape index (κ2) is 4.61. The molecule has 2 aromatic rings. The van der Waals surface area contributed by atoms with Gasteiger partial charge >= 0.3 is 0 Å². The molecule has 0 aliphatic rings. The van der Waals surface area contributed by atoms with Crippen LogP contribution < -0.4 is 5.73 Å². The van der Waals surface area contributed by atoms with Crippen LogP contribution in [0.4, 0.5) is 0 Å². The van der Waals surface area contributed by atoms with E-state index in [1.807, 2.05) is 10.6 Å². The van der Waals surface area contributed by atoms with Crippen LogP contribution in [-0.2, 0) is 6.54 Å². The van der Waals surface area contributed by atoms with Crippen molar-refractivity contribution in [3.8, 4) is 0 Å². The molecule has 2 heterocycles. The number of rotatable bonds is 4. The van der Waals surface area contributed by atoms with E-state index in [-0.39, 0.29) is 0 Å². The highest BCUT2D eigenvalue weighted by Crippen LogP contribution is 2.20. The number of aromatic nitrogens is 3. The van der Waals surface area contributed by atoms with Crippen molar-refractivity contribution in [2.45, 2.75) is 39.2 Å². The molecule has 0 aliphatic heterocycles. The first kappa shape index (κ1) is 11.1. The number of hydrogen-bond donors (Lipinski definition) is 1. The van der Waals surface area contributed by atoms with Crippen molar-refractivity contribution in [1.82, 2.24) is 14.6 Å². The van der Waals surface area contributed by atoms with Gasteiger partial charge in [-0.05, 0) is 12.5 Å². The van der Waals surface area contributed by atoms with E-state index >= 15 is 0 Å². The van der Waals surface area contributed by atoms with Gasteiger partial charge in [0.15, 0.2) is 5.65 Å². The quantitative estimate of drug-likeness (QED) is 0.855. The molecule has 0 bridgehead atoms. The van der Waals surface area contributed by atoms with Crippen molar-refractivity contribution in [3.05, 3.63) is 29.7 Å². The summed E-state index contributed by atoms with van der Waals surface area (Å²) >= 11 is 0. The normalized spacial score (nSPS) is 13.2. The Morgan fingerprint density at radius 1 is 1.50 bits per heavy atom. The maximum atomic E-state index is 5.67. The van der Waals surface area contributed by atoms with Crippen LogP contribution in [0.25, 0.3) is 5.65 Å². The van der Waals surface area contributed by atoms with Gasteiger partial charge in [-0.1, -0.05) is 20.3 Å². The van der Waals surface area contributed by atoms with Gasteiger partial charge in [-0.3, -0.25) is 0 Å². The Morgan fingerprint density at radius 3 is 3.00 bits per heavy atom. The van der Waals surface area contributed by atoms with Gasteiger partial charge in [-0.2, -0.15) is 5.10 Å². The maximum Gasteiger partial charge on any atom is 0.155 e. The molecule has 0 radical (unpaired) electrons. The molecule has 0 aromatic carbocycles. The van der Waals surface area contributed by atoms with E-state index in [9.17, 15) is 0 Å². The van der Waals surface area contributed by atoms with Crippen LogP contribution in [0.5, 0.6) is 0 Å². The number of nitrogens with zero attached hydrogens (tertiary/aromatic N) is 3. The first-order valence-corrected chi connectivity index (χ1v) is 5.80. The summed E-state index contributed by atoms with van der Waals surface area (Å²) in [5, 5.41) is 4.58. The van der Waals surface area contributed by atoms with E-state index in [1.165, 1.54) is 6.42 Å². The summed E-state index contributed by atoms with van der Waals surface area (Å²) in [7, 11) is 0. The molecule has 0 aliphatic carbocycles. The van der Waals surface area contributed by atoms with Crippen LogP contribution in [0, 0.1) is 0 Å². The van der Waals surface area contributed by atoms with Crippen molar-refractivity contribution in [2.75, 3.05) is 0 Å². The number of fused-ring (bicyclic) bond motifs is 1. The van der Waals surface area contributed by atoms with Gasteiger partial charge in [0, 0.05) is 24.7 Å². The molecule has 1 unspecified atom stereocenters. The predicted molar refractivity (Wildman–Crippen MR) is 64.2 cm³/mol. The highest BCUT2D eigenvalue weighted by molar-refractivity contribution is 5.40. The van der Waals surface area contributed by atoms with Crippen LogP contribution in [0.15, 0.2) is 18.3 Å². The molecule has 2 rings (SSSR count). The SMILES string of the molecule is CCCC(C)c1cc2nccc(CN)n2n1. The topological polar surface area (TPSA) is 56.2 Å². The zero-order chi connectivity index (χ0) is 11.5. The fraction of sp³-hybridized carbons (Fsp3) is 0.500. The van der Waals surface area contributed by atoms with Crippen molar-refractivity contribution >= 4 is 5.65 Å². The average molecular weight is 218 g/mol. The lowest BCUT2D eigenvalue weighted by molar-refractivity contribution is 0.637. The second-order valence-electron chi connectivity index (χ2n) is 4.17. The maximum absolute atomic E-state index is 5.67. The van der Waals surface area contributed by atoms with E-state index in [4.69, 9.17) is 5.73 Å². The minimum absolute atomic E-state index is 0.484. The molecular formula is C12H18N4. The van der Waals surface area contributed by atoms with Crippen molar-refractivity contribution < 1.29 is 0 Å². The smallest absolute Gasteiger partial charge is 0.155 e. The fourth-order valence-electron chi connectivity index (χ4n) is 1.94. The zero-order valence-corrected chi connectivity index (χ0v) is 9.85. The minimum atomic E-state index is 0.484. The van der Waals surface area contributed by atoms with Crippen molar-refractivity contribution in [1.29, 1.82) is 0 Å². The Bertz CT molecular complexity index is 475. The monoisotopic (exact) mass is 218 g/mol. The molecule has 1 atom stereocenters. The van der Waals surface area contributed by atoms with Crippen LogP contribution in [0.1, 0.15) is 44.0 Å². The van der Waals surface area contributed by atoms with Gasteiger partial charge in [0.1, 0.15) is 0 Å². The molecule has 4 heteroatoms. The Morgan fingerprint density at radius 2 is 2.31 bits per heavy atom. The van der Waals surface area contributed by atoms with Crippen molar-refractivity contribution in [2.24, 2.45) is 5.73 Å². The van der Waals surface area contributed by atoms with E-state index < -0.39 is 0 Å². The zero-order valence-electron chi connectivity index (χ0n) is 9.85. The van der Waals surface area contributed by atoms with Gasteiger partial charge in [0.25, 0.3) is 0 Å². The predicted octanol–water partition coefficient (Wildman–Crippen LogP) is 2.09. The van der Waals surface area contributed by atoms with Gasteiger partial charge in [-0.25, -0.2) is 9.50 Å². The van der Waals surface area contributed by atoms with Gasteiger partial charge in [0.2, 0.25) is 0 Å². The standard InChI is InChI=1S/C12H18N4/c1-3-4-9(2)11-7-12-14-6-5-10(8-13)16(12)15-11/h5-7,9H,3-4,8,13H2,1-2H3. The molecule has 0 saturated heterocycles. The molecule has 0 spiro atoms. The van der Waals surface area contributed by atoms with Gasteiger partial charge < -0.3 is 5.73 Å². The summed E-state index contributed by atoms with van der Waals surface area (Å²) in [5.74, 6) is 0.484. The largest absolute Gasteiger partial charge is 0.325 e. The van der Waals surface area contributed by atoms with Crippen molar-refractivity contribution in [3.63, 3.8) is 0 Å². The molecule has 86 valence electrons. The van der Waals surface area contributed by atoms with Gasteiger partial charge in [0.05, 0.1) is 11.4 Å².